The number of hydrogen-bond acceptors (Lipinski definition) is 4. The van der Waals surface area contributed by atoms with Crippen molar-refractivity contribution in [3.8, 4) is 0 Å². The van der Waals surface area contributed by atoms with Crippen LogP contribution in [-0.2, 0) is 6.42 Å². The summed E-state index contributed by atoms with van der Waals surface area (Å²) in [6.45, 7) is 4.29. The highest BCUT2D eigenvalue weighted by Gasteiger charge is 2.20. The maximum atomic E-state index is 6.17. The molecule has 0 amide bonds. The molecule has 0 fully saturated rings. The molecule has 0 aliphatic heterocycles. The Hall–Kier alpha value is -3.92. The molecule has 4 rings (SSSR count). The predicted octanol–water partition coefficient (Wildman–Crippen LogP) is 5.54. The molecule has 3 aromatic carbocycles. The van der Waals surface area contributed by atoms with Crippen molar-refractivity contribution in [2.45, 2.75) is 25.3 Å². The van der Waals surface area contributed by atoms with Crippen molar-refractivity contribution in [2.75, 3.05) is 5.32 Å². The van der Waals surface area contributed by atoms with Gasteiger partial charge in [0.15, 0.2) is 0 Å². The lowest BCUT2D eigenvalue weighted by Crippen LogP contribution is -2.23. The van der Waals surface area contributed by atoms with E-state index in [2.05, 4.69) is 53.6 Å². The minimum absolute atomic E-state index is 0.292. The monoisotopic (exact) mass is 422 g/mol. The van der Waals surface area contributed by atoms with Crippen LogP contribution >= 0.6 is 0 Å². The Bertz CT molecular complexity index is 1140. The summed E-state index contributed by atoms with van der Waals surface area (Å²) in [6, 6.07) is 26.9. The molecule has 1 aliphatic rings. The van der Waals surface area contributed by atoms with E-state index in [4.69, 9.17) is 11.5 Å². The topological polar surface area (TPSA) is 76.1 Å². The molecule has 4 heteroatoms. The molecule has 6 N–H and O–H groups in total. The van der Waals surface area contributed by atoms with Gasteiger partial charge in [0.05, 0.1) is 6.04 Å². The van der Waals surface area contributed by atoms with Crippen molar-refractivity contribution in [3.63, 3.8) is 0 Å². The highest BCUT2D eigenvalue weighted by molar-refractivity contribution is 5.67. The number of nitrogens with one attached hydrogen (secondary N) is 2. The zero-order valence-electron chi connectivity index (χ0n) is 18.2. The molecule has 0 heterocycles. The Morgan fingerprint density at radius 1 is 0.875 bits per heavy atom. The van der Waals surface area contributed by atoms with Gasteiger partial charge in [0.2, 0.25) is 0 Å². The van der Waals surface area contributed by atoms with E-state index in [1.807, 2.05) is 48.5 Å². The molecular weight excluding hydrogens is 392 g/mol. The van der Waals surface area contributed by atoms with Crippen LogP contribution in [0.1, 0.15) is 41.1 Å². The first-order valence-electron chi connectivity index (χ1n) is 11.0. The number of fused-ring (bicyclic) bond motifs is 1. The van der Waals surface area contributed by atoms with Crippen LogP contribution in [0.2, 0.25) is 0 Å². The number of rotatable bonds is 7. The standard InChI is InChI=1S/C28H30N4/c1-20(31-27-16-8-12-21-9-5-6-15-25(21)27)23-13-7-14-24(19-23)32-28(30)18-17-26(29)22-10-3-2-4-11-22/h2-7,9-11,13-15,17-19,27,31-32H,1,8,12,16,29-30H2/b26-17-,28-18+. The Labute approximate surface area is 190 Å². The molecule has 162 valence electrons. The first kappa shape index (κ1) is 21.3. The van der Waals surface area contributed by atoms with Gasteiger partial charge in [-0.05, 0) is 65.8 Å². The van der Waals surface area contributed by atoms with E-state index in [0.29, 0.717) is 17.6 Å². The molecule has 0 spiro atoms. The quantitative estimate of drug-likeness (QED) is 0.377. The molecule has 0 saturated carbocycles. The van der Waals surface area contributed by atoms with Gasteiger partial charge >= 0.3 is 0 Å². The smallest absolute Gasteiger partial charge is 0.101 e. The molecule has 1 atom stereocenters. The van der Waals surface area contributed by atoms with E-state index in [0.717, 1.165) is 35.4 Å². The van der Waals surface area contributed by atoms with Crippen LogP contribution in [0.4, 0.5) is 5.69 Å². The van der Waals surface area contributed by atoms with Crippen molar-refractivity contribution in [1.29, 1.82) is 0 Å². The summed E-state index contributed by atoms with van der Waals surface area (Å²) in [6.07, 6.45) is 7.03. The summed E-state index contributed by atoms with van der Waals surface area (Å²) < 4.78 is 0. The number of nitrogens with two attached hydrogens (primary N) is 2. The zero-order chi connectivity index (χ0) is 22.3. The number of allylic oxidation sites excluding steroid dienone is 2. The van der Waals surface area contributed by atoms with Gasteiger partial charge in [-0.3, -0.25) is 0 Å². The first-order valence-corrected chi connectivity index (χ1v) is 11.0. The van der Waals surface area contributed by atoms with Crippen molar-refractivity contribution >= 4 is 17.1 Å². The van der Waals surface area contributed by atoms with E-state index >= 15 is 0 Å². The van der Waals surface area contributed by atoms with E-state index in [1.54, 1.807) is 6.08 Å². The molecule has 0 radical (unpaired) electrons. The van der Waals surface area contributed by atoms with Gasteiger partial charge in [0.1, 0.15) is 5.82 Å². The Balaban J connectivity index is 1.43. The van der Waals surface area contributed by atoms with Crippen molar-refractivity contribution < 1.29 is 0 Å². The van der Waals surface area contributed by atoms with Gasteiger partial charge in [-0.25, -0.2) is 0 Å². The predicted molar refractivity (Wildman–Crippen MR) is 135 cm³/mol. The van der Waals surface area contributed by atoms with Gasteiger partial charge in [0.25, 0.3) is 0 Å². The van der Waals surface area contributed by atoms with Gasteiger partial charge < -0.3 is 22.1 Å². The van der Waals surface area contributed by atoms with E-state index in [1.165, 1.54) is 17.5 Å². The van der Waals surface area contributed by atoms with Crippen molar-refractivity contribution in [2.24, 2.45) is 11.5 Å². The largest absolute Gasteiger partial charge is 0.398 e. The SMILES string of the molecule is C=C(NC1CCCc2ccccc21)c1cccc(N/C(N)=C/C=C(\N)c2ccccc2)c1. The molecule has 32 heavy (non-hydrogen) atoms. The second-order valence-electron chi connectivity index (χ2n) is 8.08. The zero-order valence-corrected chi connectivity index (χ0v) is 18.2. The second kappa shape index (κ2) is 9.92. The molecular formula is C28H30N4. The molecule has 1 unspecified atom stereocenters. The molecule has 0 saturated heterocycles. The fourth-order valence-corrected chi connectivity index (χ4v) is 4.10. The molecule has 0 bridgehead atoms. The van der Waals surface area contributed by atoms with Crippen LogP contribution in [-0.4, -0.2) is 0 Å². The highest BCUT2D eigenvalue weighted by atomic mass is 15.0. The van der Waals surface area contributed by atoms with Crippen LogP contribution < -0.4 is 22.1 Å². The van der Waals surface area contributed by atoms with Gasteiger partial charge in [-0.1, -0.05) is 73.3 Å². The fraction of sp³-hybridized carbons (Fsp3) is 0.143. The third kappa shape index (κ3) is 5.22. The summed E-state index contributed by atoms with van der Waals surface area (Å²) in [5.41, 5.74) is 19.6. The number of hydrogen-bond donors (Lipinski definition) is 4. The fourth-order valence-electron chi connectivity index (χ4n) is 4.10. The van der Waals surface area contributed by atoms with Crippen molar-refractivity contribution in [3.05, 3.63) is 126 Å². The van der Waals surface area contributed by atoms with Crippen molar-refractivity contribution in [1.82, 2.24) is 5.32 Å². The normalized spacial score (nSPS) is 16.2. The molecule has 4 nitrogen and oxygen atoms in total. The van der Waals surface area contributed by atoms with Gasteiger partial charge in [-0.15, -0.1) is 0 Å². The van der Waals surface area contributed by atoms with Crippen LogP contribution in [0.15, 0.2) is 103 Å². The lowest BCUT2D eigenvalue weighted by molar-refractivity contribution is 0.520. The maximum Gasteiger partial charge on any atom is 0.101 e. The minimum Gasteiger partial charge on any atom is -0.398 e. The third-order valence-corrected chi connectivity index (χ3v) is 5.77. The average Bonchev–Trinajstić information content (AvgIpc) is 2.83. The highest BCUT2D eigenvalue weighted by Crippen LogP contribution is 2.31. The summed E-state index contributed by atoms with van der Waals surface area (Å²) in [5.74, 6) is 0.515. The minimum atomic E-state index is 0.292. The van der Waals surface area contributed by atoms with Crippen LogP contribution in [0.3, 0.4) is 0 Å². The van der Waals surface area contributed by atoms with Crippen LogP contribution in [0.5, 0.6) is 0 Å². The summed E-state index contributed by atoms with van der Waals surface area (Å²) in [7, 11) is 0. The second-order valence-corrected chi connectivity index (χ2v) is 8.08. The van der Waals surface area contributed by atoms with Crippen LogP contribution in [0.25, 0.3) is 11.4 Å². The lowest BCUT2D eigenvalue weighted by Gasteiger charge is -2.28. The number of anilines is 1. The Morgan fingerprint density at radius 2 is 1.62 bits per heavy atom. The number of aryl methyl sites for hydroxylation is 1. The van der Waals surface area contributed by atoms with Gasteiger partial charge in [-0.2, -0.15) is 0 Å². The van der Waals surface area contributed by atoms with E-state index in [9.17, 15) is 0 Å². The van der Waals surface area contributed by atoms with Crippen LogP contribution in [0, 0.1) is 0 Å². The summed E-state index contributed by atoms with van der Waals surface area (Å²) in [4.78, 5) is 0. The van der Waals surface area contributed by atoms with E-state index in [-0.39, 0.29) is 0 Å². The lowest BCUT2D eigenvalue weighted by atomic mass is 9.87. The van der Waals surface area contributed by atoms with Gasteiger partial charge in [0, 0.05) is 17.1 Å². The summed E-state index contributed by atoms with van der Waals surface area (Å²) >= 11 is 0. The summed E-state index contributed by atoms with van der Waals surface area (Å²) in [5, 5.41) is 6.87. The maximum absolute atomic E-state index is 6.17. The third-order valence-electron chi connectivity index (χ3n) is 5.77. The first-order chi connectivity index (χ1) is 15.6. The Morgan fingerprint density at radius 3 is 2.47 bits per heavy atom. The Kier molecular flexibility index (Phi) is 6.61. The molecule has 1 aliphatic carbocycles. The van der Waals surface area contributed by atoms with E-state index < -0.39 is 0 Å². The molecule has 0 aromatic heterocycles. The molecule has 3 aromatic rings. The average molecular weight is 423 g/mol. The number of benzene rings is 3.